The van der Waals surface area contributed by atoms with E-state index in [2.05, 4.69) is 43.5 Å². The van der Waals surface area contributed by atoms with Gasteiger partial charge < -0.3 is 19.8 Å². The third-order valence-corrected chi connectivity index (χ3v) is 14.2. The van der Waals surface area contributed by atoms with Crippen LogP contribution in [0.25, 0.3) is 0 Å². The lowest BCUT2D eigenvalue weighted by molar-refractivity contribution is -0.870. The maximum atomic E-state index is 13.0. The molecule has 9 heteroatoms. The molecule has 3 N–H and O–H groups in total. The van der Waals surface area contributed by atoms with Gasteiger partial charge >= 0.3 is 7.82 Å². The summed E-state index contributed by atoms with van der Waals surface area (Å²) < 4.78 is 23.8. The number of amides is 1. The lowest BCUT2D eigenvalue weighted by Gasteiger charge is -2.26. The second kappa shape index (κ2) is 49.0. The van der Waals surface area contributed by atoms with Crippen molar-refractivity contribution < 1.29 is 32.9 Å². The third kappa shape index (κ3) is 50.8. The molecule has 0 aliphatic carbocycles. The van der Waals surface area contributed by atoms with E-state index >= 15 is 0 Å². The maximum Gasteiger partial charge on any atom is 0.472 e. The molecule has 0 radical (unpaired) electrons. The summed E-state index contributed by atoms with van der Waals surface area (Å²) >= 11 is 0. The first-order valence-electron chi connectivity index (χ1n) is 28.7. The van der Waals surface area contributed by atoms with Gasteiger partial charge in [-0.15, -0.1) is 0 Å². The molecule has 392 valence electrons. The van der Waals surface area contributed by atoms with E-state index in [-0.39, 0.29) is 19.1 Å². The first-order chi connectivity index (χ1) is 32.0. The van der Waals surface area contributed by atoms with E-state index < -0.39 is 20.0 Å². The van der Waals surface area contributed by atoms with Crippen LogP contribution in [0.1, 0.15) is 284 Å². The summed E-state index contributed by atoms with van der Waals surface area (Å²) in [6, 6.07) is -0.764. The Morgan fingerprint density at radius 3 is 1.27 bits per heavy atom. The fourth-order valence-electron chi connectivity index (χ4n) is 8.67. The van der Waals surface area contributed by atoms with Crippen molar-refractivity contribution in [3.05, 3.63) is 24.3 Å². The van der Waals surface area contributed by atoms with Gasteiger partial charge in [0.2, 0.25) is 5.91 Å². The van der Waals surface area contributed by atoms with E-state index in [0.717, 1.165) is 51.4 Å². The molecule has 8 nitrogen and oxygen atoms in total. The minimum absolute atomic E-state index is 0.0740. The Morgan fingerprint density at radius 2 is 0.864 bits per heavy atom. The number of likely N-dealkylation sites (N-methyl/N-ethyl adjacent to an activating group) is 1. The van der Waals surface area contributed by atoms with E-state index in [1.165, 1.54) is 205 Å². The Hall–Kier alpha value is -1.02. The van der Waals surface area contributed by atoms with Gasteiger partial charge in [0.25, 0.3) is 0 Å². The van der Waals surface area contributed by atoms with Crippen LogP contribution in [0.4, 0.5) is 0 Å². The number of unbranched alkanes of at least 4 members (excludes halogenated alkanes) is 36. The van der Waals surface area contributed by atoms with Crippen LogP contribution < -0.4 is 5.32 Å². The molecule has 0 saturated carbocycles. The van der Waals surface area contributed by atoms with Crippen LogP contribution in [-0.2, 0) is 18.4 Å². The first kappa shape index (κ1) is 65.0. The number of quaternary nitrogens is 1. The van der Waals surface area contributed by atoms with Crippen LogP contribution in [0.15, 0.2) is 24.3 Å². The number of allylic oxidation sites excluding steroid dienone is 4. The van der Waals surface area contributed by atoms with Crippen LogP contribution in [0.2, 0.25) is 0 Å². The molecular weight excluding hydrogens is 840 g/mol. The maximum absolute atomic E-state index is 13.0. The quantitative estimate of drug-likeness (QED) is 0.0243. The Morgan fingerprint density at radius 1 is 0.515 bits per heavy atom. The molecule has 0 heterocycles. The van der Waals surface area contributed by atoms with Crippen molar-refractivity contribution in [3.8, 4) is 0 Å². The molecule has 0 saturated heterocycles. The van der Waals surface area contributed by atoms with Crippen LogP contribution >= 0.6 is 7.82 Å². The van der Waals surface area contributed by atoms with Gasteiger partial charge in [0.05, 0.1) is 39.9 Å². The molecule has 0 aromatic heterocycles. The smallest absolute Gasteiger partial charge is 0.391 e. The topological polar surface area (TPSA) is 105 Å². The van der Waals surface area contributed by atoms with Gasteiger partial charge in [-0.25, -0.2) is 4.57 Å². The molecule has 0 fully saturated rings. The molecular formula is C57H114N2O6P+. The highest BCUT2D eigenvalue weighted by Gasteiger charge is 2.28. The Kier molecular flexibility index (Phi) is 48.2. The highest BCUT2D eigenvalue weighted by molar-refractivity contribution is 7.47. The molecule has 0 aromatic carbocycles. The summed E-state index contributed by atoms with van der Waals surface area (Å²) in [7, 11) is 1.62. The van der Waals surface area contributed by atoms with Crippen molar-refractivity contribution in [2.24, 2.45) is 0 Å². The lowest BCUT2D eigenvalue weighted by atomic mass is 10.0. The fourth-order valence-corrected chi connectivity index (χ4v) is 9.40. The molecule has 1 amide bonds. The highest BCUT2D eigenvalue weighted by Crippen LogP contribution is 2.43. The number of hydrogen-bond donors (Lipinski definition) is 3. The van der Waals surface area contributed by atoms with Crippen molar-refractivity contribution in [2.75, 3.05) is 40.9 Å². The number of carbonyl (C=O) groups excluding carboxylic acids is 1. The Labute approximate surface area is 411 Å². The highest BCUT2D eigenvalue weighted by atomic mass is 31.2. The number of phosphoric acid groups is 1. The number of carbonyl (C=O) groups is 1. The van der Waals surface area contributed by atoms with Crippen LogP contribution in [0.3, 0.4) is 0 Å². The summed E-state index contributed by atoms with van der Waals surface area (Å²) in [4.78, 5) is 23.3. The largest absolute Gasteiger partial charge is 0.472 e. The number of hydrogen-bond acceptors (Lipinski definition) is 5. The zero-order chi connectivity index (χ0) is 48.5. The number of nitrogens with one attached hydrogen (secondary N) is 1. The van der Waals surface area contributed by atoms with Crippen molar-refractivity contribution in [2.45, 2.75) is 296 Å². The molecule has 0 spiro atoms. The van der Waals surface area contributed by atoms with Gasteiger partial charge in [-0.05, 0) is 44.9 Å². The average molecular weight is 955 g/mol. The molecule has 3 unspecified atom stereocenters. The molecule has 0 aliphatic rings. The summed E-state index contributed by atoms with van der Waals surface area (Å²) in [6.07, 6.45) is 60.9. The zero-order valence-corrected chi connectivity index (χ0v) is 45.6. The van der Waals surface area contributed by atoms with Gasteiger partial charge in [-0.2, -0.15) is 0 Å². The lowest BCUT2D eigenvalue weighted by Crippen LogP contribution is -2.46. The number of rotatable bonds is 53. The molecule has 66 heavy (non-hydrogen) atoms. The van der Waals surface area contributed by atoms with Crippen molar-refractivity contribution in [3.63, 3.8) is 0 Å². The number of aliphatic hydroxyl groups excluding tert-OH is 1. The minimum Gasteiger partial charge on any atom is -0.391 e. The van der Waals surface area contributed by atoms with Crippen molar-refractivity contribution >= 4 is 13.7 Å². The Bertz CT molecular complexity index is 1130. The van der Waals surface area contributed by atoms with Crippen LogP contribution in [-0.4, -0.2) is 73.4 Å². The summed E-state index contributed by atoms with van der Waals surface area (Å²) in [5.41, 5.74) is 0. The second-order valence-electron chi connectivity index (χ2n) is 21.0. The number of nitrogens with zero attached hydrogens (tertiary/aromatic N) is 1. The van der Waals surface area contributed by atoms with Gasteiger partial charge in [0.15, 0.2) is 0 Å². The molecule has 3 atom stereocenters. The van der Waals surface area contributed by atoms with Crippen LogP contribution in [0, 0.1) is 0 Å². The second-order valence-corrected chi connectivity index (χ2v) is 22.5. The van der Waals surface area contributed by atoms with E-state index in [1.807, 2.05) is 21.1 Å². The average Bonchev–Trinajstić information content (AvgIpc) is 3.28. The van der Waals surface area contributed by atoms with Gasteiger partial charge in [0.1, 0.15) is 13.2 Å². The van der Waals surface area contributed by atoms with E-state index in [1.54, 1.807) is 0 Å². The molecule has 0 rings (SSSR count). The summed E-state index contributed by atoms with van der Waals surface area (Å²) in [5.74, 6) is -0.149. The van der Waals surface area contributed by atoms with E-state index in [0.29, 0.717) is 23.9 Å². The monoisotopic (exact) mass is 954 g/mol. The normalized spacial score (nSPS) is 14.1. The third-order valence-electron chi connectivity index (χ3n) is 13.2. The standard InChI is InChI=1S/C57H113N2O6P/c1-6-8-10-12-14-16-18-20-22-24-25-26-27-28-29-30-31-32-33-35-36-38-40-42-44-46-48-50-56(60)55(54-65-66(62,63)64-53-52-59(3,4)5)58-57(61)51-49-47-45-43-41-39-37-34-23-21-19-17-15-13-11-9-7-2/h15,17,21,23,55-56,60H,6-14,16,18-20,22,24-54H2,1-5H3,(H-,58,61,62,63)/p+1/b17-15-,23-21-. The minimum atomic E-state index is -4.32. The van der Waals surface area contributed by atoms with Crippen LogP contribution in [0.5, 0.6) is 0 Å². The fraction of sp³-hybridized carbons (Fsp3) is 0.912. The first-order valence-corrected chi connectivity index (χ1v) is 30.2. The SMILES string of the molecule is CCCCC/C=C\C/C=C\CCCCCCCCCC(=O)NC(COP(=O)(O)OCC[N+](C)(C)C)C(O)CCCCCCCCCCCCCCCCCCCCCCCCCCCCC. The number of aliphatic hydroxyl groups is 1. The summed E-state index contributed by atoms with van der Waals surface area (Å²) in [6.45, 7) is 4.89. The van der Waals surface area contributed by atoms with Crippen molar-refractivity contribution in [1.82, 2.24) is 5.32 Å². The van der Waals surface area contributed by atoms with Gasteiger partial charge in [0, 0.05) is 6.42 Å². The summed E-state index contributed by atoms with van der Waals surface area (Å²) in [5, 5.41) is 14.1. The van der Waals surface area contributed by atoms with E-state index in [9.17, 15) is 19.4 Å². The van der Waals surface area contributed by atoms with E-state index in [4.69, 9.17) is 9.05 Å². The predicted octanol–water partition coefficient (Wildman–Crippen LogP) is 17.2. The number of phosphoric ester groups is 1. The zero-order valence-electron chi connectivity index (χ0n) is 44.7. The molecule has 0 aromatic rings. The predicted molar refractivity (Wildman–Crippen MR) is 286 cm³/mol. The van der Waals surface area contributed by atoms with Crippen molar-refractivity contribution in [1.29, 1.82) is 0 Å². The molecule has 0 bridgehead atoms. The van der Waals surface area contributed by atoms with Gasteiger partial charge in [-0.1, -0.05) is 256 Å². The molecule has 0 aliphatic heterocycles. The Balaban J connectivity index is 4.12. The van der Waals surface area contributed by atoms with Gasteiger partial charge in [-0.3, -0.25) is 13.8 Å².